The highest BCUT2D eigenvalue weighted by molar-refractivity contribution is 7.22. The molecule has 1 amide bonds. The van der Waals surface area contributed by atoms with Crippen molar-refractivity contribution in [3.63, 3.8) is 0 Å². The van der Waals surface area contributed by atoms with Gasteiger partial charge in [0.15, 0.2) is 16.6 Å². The number of carbonyl (C=O) groups is 1. The molecule has 0 atom stereocenters. The van der Waals surface area contributed by atoms with Crippen LogP contribution in [-0.4, -0.2) is 34.2 Å². The van der Waals surface area contributed by atoms with E-state index in [1.54, 1.807) is 12.1 Å². The number of fused-ring (bicyclic) bond motifs is 1. The van der Waals surface area contributed by atoms with Gasteiger partial charge in [0.25, 0.3) is 5.69 Å². The fraction of sp³-hybridized carbons (Fsp3) is 0.118. The quantitative estimate of drug-likeness (QED) is 0.325. The number of rotatable bonds is 6. The Labute approximate surface area is 162 Å². The molecule has 0 saturated carbocycles. The molecule has 0 aliphatic carbocycles. The first kappa shape index (κ1) is 19.0. The number of hydrogen-bond acceptors (Lipinski definition) is 9. The van der Waals surface area contributed by atoms with Gasteiger partial charge >= 0.3 is 0 Å². The van der Waals surface area contributed by atoms with Gasteiger partial charge in [-0.05, 0) is 23.8 Å². The van der Waals surface area contributed by atoms with E-state index in [1.165, 1.54) is 18.4 Å². The fourth-order valence-electron chi connectivity index (χ4n) is 2.49. The number of nitrogens with two attached hydrogens (primary N) is 1. The summed E-state index contributed by atoms with van der Waals surface area (Å²) < 4.78 is 5.72. The Morgan fingerprint density at radius 2 is 2.25 bits per heavy atom. The van der Waals surface area contributed by atoms with Crippen molar-refractivity contribution in [2.45, 2.75) is 6.42 Å². The molecule has 144 valence electrons. The average Bonchev–Trinajstić information content (AvgIpc) is 3.00. The van der Waals surface area contributed by atoms with Crippen molar-refractivity contribution in [3.05, 3.63) is 51.6 Å². The van der Waals surface area contributed by atoms with Gasteiger partial charge in [-0.15, -0.1) is 0 Å². The number of carbonyl (C=O) groups excluding carboxylic acids is 1. The molecule has 0 radical (unpaired) electrons. The topological polar surface area (TPSA) is 153 Å². The summed E-state index contributed by atoms with van der Waals surface area (Å²) in [5.41, 5.74) is 9.17. The summed E-state index contributed by atoms with van der Waals surface area (Å²) >= 11 is 1.32. The average molecular weight is 401 g/mol. The second-order valence-corrected chi connectivity index (χ2v) is 6.73. The first-order chi connectivity index (χ1) is 13.4. The second-order valence-electron chi connectivity index (χ2n) is 5.66. The molecule has 0 saturated heterocycles. The lowest BCUT2D eigenvalue weighted by atomic mass is 10.1. The van der Waals surface area contributed by atoms with Crippen LogP contribution >= 0.6 is 11.3 Å². The number of phenols is 1. The van der Waals surface area contributed by atoms with E-state index in [2.05, 4.69) is 15.5 Å². The second kappa shape index (κ2) is 7.88. The largest absolute Gasteiger partial charge is 0.504 e. The lowest BCUT2D eigenvalue weighted by molar-refractivity contribution is -0.385. The van der Waals surface area contributed by atoms with Crippen LogP contribution in [0.3, 0.4) is 0 Å². The molecule has 10 nitrogen and oxygen atoms in total. The summed E-state index contributed by atoms with van der Waals surface area (Å²) in [6.07, 6.45) is 1.14. The van der Waals surface area contributed by atoms with Crippen LogP contribution in [0, 0.1) is 10.1 Å². The van der Waals surface area contributed by atoms with Crippen LogP contribution in [0.1, 0.15) is 11.1 Å². The van der Waals surface area contributed by atoms with Gasteiger partial charge in [-0.1, -0.05) is 17.4 Å². The Balaban J connectivity index is 1.70. The third-order valence-electron chi connectivity index (χ3n) is 3.75. The maximum atomic E-state index is 12.1. The minimum atomic E-state index is -0.638. The summed E-state index contributed by atoms with van der Waals surface area (Å²) in [6, 6.07) is 7.57. The van der Waals surface area contributed by atoms with Gasteiger partial charge in [0.2, 0.25) is 5.91 Å². The van der Waals surface area contributed by atoms with Crippen LogP contribution < -0.4 is 15.9 Å². The van der Waals surface area contributed by atoms with Crippen molar-refractivity contribution >= 4 is 44.5 Å². The van der Waals surface area contributed by atoms with Gasteiger partial charge in [0.1, 0.15) is 0 Å². The molecule has 0 aliphatic rings. The normalized spacial score (nSPS) is 11.0. The maximum absolute atomic E-state index is 12.1. The van der Waals surface area contributed by atoms with Gasteiger partial charge in [-0.3, -0.25) is 14.9 Å². The van der Waals surface area contributed by atoms with E-state index >= 15 is 0 Å². The molecule has 11 heteroatoms. The standard InChI is InChI=1S/C17H15N5O5S/c1-27-14-7-12(22(25)26)10(6-13(14)23)8-19-21-16(24)5-9-2-3-11-15(4-9)28-17(18)20-11/h2-4,6-8,23H,5H2,1H3,(H2,18,20)(H,21,24)/b19-8-. The molecule has 0 unspecified atom stereocenters. The molecule has 2 aromatic carbocycles. The summed E-state index contributed by atoms with van der Waals surface area (Å²) in [6.45, 7) is 0. The molecule has 0 fully saturated rings. The molecular formula is C17H15N5O5S. The van der Waals surface area contributed by atoms with Crippen LogP contribution in [0.2, 0.25) is 0 Å². The number of methoxy groups -OCH3 is 1. The van der Waals surface area contributed by atoms with Crippen LogP contribution in [0.5, 0.6) is 11.5 Å². The fourth-order valence-corrected chi connectivity index (χ4v) is 3.29. The summed E-state index contributed by atoms with van der Waals surface area (Å²) in [5, 5.41) is 25.1. The highest BCUT2D eigenvalue weighted by atomic mass is 32.1. The number of thiazole rings is 1. The number of nitrogen functional groups attached to an aromatic ring is 1. The van der Waals surface area contributed by atoms with E-state index in [0.717, 1.165) is 34.1 Å². The van der Waals surface area contributed by atoms with Crippen molar-refractivity contribution < 1.29 is 19.6 Å². The van der Waals surface area contributed by atoms with Crippen molar-refractivity contribution in [2.24, 2.45) is 5.10 Å². The third kappa shape index (κ3) is 4.15. The highest BCUT2D eigenvalue weighted by Crippen LogP contribution is 2.32. The Morgan fingerprint density at radius 3 is 2.96 bits per heavy atom. The predicted molar refractivity (Wildman–Crippen MR) is 105 cm³/mol. The zero-order chi connectivity index (χ0) is 20.3. The van der Waals surface area contributed by atoms with Crippen molar-refractivity contribution in [1.82, 2.24) is 10.4 Å². The number of nitrogens with one attached hydrogen (secondary N) is 1. The van der Waals surface area contributed by atoms with Gasteiger partial charge in [-0.25, -0.2) is 10.4 Å². The number of anilines is 1. The first-order valence-electron chi connectivity index (χ1n) is 7.89. The van der Waals surface area contributed by atoms with E-state index in [1.807, 2.05) is 6.07 Å². The number of ether oxygens (including phenoxy) is 1. The first-order valence-corrected chi connectivity index (χ1v) is 8.71. The lowest BCUT2D eigenvalue weighted by Crippen LogP contribution is -2.19. The number of nitro groups is 1. The molecule has 1 heterocycles. The predicted octanol–water partition coefficient (Wildman–Crippen LogP) is 2.19. The number of nitro benzene ring substituents is 1. The number of hydrazone groups is 1. The third-order valence-corrected chi connectivity index (χ3v) is 4.60. The zero-order valence-corrected chi connectivity index (χ0v) is 15.4. The van der Waals surface area contributed by atoms with Gasteiger partial charge in [-0.2, -0.15) is 5.10 Å². The SMILES string of the molecule is COc1cc([N+](=O)[O-])c(/C=N\NC(=O)Cc2ccc3nc(N)sc3c2)cc1O. The molecular weight excluding hydrogens is 386 g/mol. The Morgan fingerprint density at radius 1 is 1.46 bits per heavy atom. The Kier molecular flexibility index (Phi) is 5.36. The zero-order valence-electron chi connectivity index (χ0n) is 14.6. The van der Waals surface area contributed by atoms with Crippen LogP contribution in [0.4, 0.5) is 10.8 Å². The number of phenolic OH excluding ortho intramolecular Hbond substituents is 1. The maximum Gasteiger partial charge on any atom is 0.282 e. The van der Waals surface area contributed by atoms with Crippen LogP contribution in [0.15, 0.2) is 35.4 Å². The van der Waals surface area contributed by atoms with Crippen LogP contribution in [0.25, 0.3) is 10.2 Å². The molecule has 3 rings (SSSR count). The van der Waals surface area contributed by atoms with Crippen molar-refractivity contribution in [1.29, 1.82) is 0 Å². The minimum absolute atomic E-state index is 0.0187. The number of hydrogen-bond donors (Lipinski definition) is 3. The lowest BCUT2D eigenvalue weighted by Gasteiger charge is -2.05. The summed E-state index contributed by atoms with van der Waals surface area (Å²) in [7, 11) is 1.28. The highest BCUT2D eigenvalue weighted by Gasteiger charge is 2.17. The number of aromatic hydroxyl groups is 1. The van der Waals surface area contributed by atoms with E-state index in [-0.39, 0.29) is 29.2 Å². The monoisotopic (exact) mass is 401 g/mol. The van der Waals surface area contributed by atoms with E-state index in [4.69, 9.17) is 10.5 Å². The molecule has 0 spiro atoms. The summed E-state index contributed by atoms with van der Waals surface area (Å²) in [5.74, 6) is -0.724. The van der Waals surface area contributed by atoms with Crippen molar-refractivity contribution in [3.8, 4) is 11.5 Å². The van der Waals surface area contributed by atoms with E-state index in [0.29, 0.717) is 5.13 Å². The Hall–Kier alpha value is -3.73. The van der Waals surface area contributed by atoms with Gasteiger partial charge < -0.3 is 15.6 Å². The van der Waals surface area contributed by atoms with Gasteiger partial charge in [0, 0.05) is 0 Å². The molecule has 0 aliphatic heterocycles. The van der Waals surface area contributed by atoms with Crippen LogP contribution in [-0.2, 0) is 11.2 Å². The molecule has 0 bridgehead atoms. The smallest absolute Gasteiger partial charge is 0.282 e. The van der Waals surface area contributed by atoms with E-state index < -0.39 is 10.8 Å². The van der Waals surface area contributed by atoms with E-state index in [9.17, 15) is 20.0 Å². The number of nitrogens with zero attached hydrogens (tertiary/aromatic N) is 3. The summed E-state index contributed by atoms with van der Waals surface area (Å²) in [4.78, 5) is 26.7. The minimum Gasteiger partial charge on any atom is -0.504 e. The molecule has 28 heavy (non-hydrogen) atoms. The Bertz CT molecular complexity index is 1090. The molecule has 4 N–H and O–H groups in total. The number of amides is 1. The van der Waals surface area contributed by atoms with Gasteiger partial charge in [0.05, 0.1) is 46.5 Å². The molecule has 1 aromatic heterocycles. The molecule has 3 aromatic rings. The number of benzene rings is 2. The number of aromatic nitrogens is 1. The van der Waals surface area contributed by atoms with Crippen molar-refractivity contribution in [2.75, 3.05) is 12.8 Å².